The number of aromatic nitrogens is 2. The van der Waals surface area contributed by atoms with E-state index in [0.717, 1.165) is 35.3 Å². The lowest BCUT2D eigenvalue weighted by molar-refractivity contribution is -0.158. The van der Waals surface area contributed by atoms with Crippen molar-refractivity contribution in [3.63, 3.8) is 0 Å². The van der Waals surface area contributed by atoms with E-state index in [1.807, 2.05) is 14.1 Å². The first-order valence-corrected chi connectivity index (χ1v) is 11.4. The molecule has 3 amide bonds. The quantitative estimate of drug-likeness (QED) is 0.599. The molecule has 3 heterocycles. The number of hydrogen-bond donors (Lipinski definition) is 0. The Morgan fingerprint density at radius 3 is 2.53 bits per heavy atom. The number of benzene rings is 1. The smallest absolute Gasteiger partial charge is 0.255 e. The van der Waals surface area contributed by atoms with Crippen LogP contribution >= 0.6 is 0 Å². The standard InChI is InChI=1S/C24H28FN5O4/c1-28(2)24-26-13-18(16-6-8-17(25)9-7-16)23(27-24)19-5-3-4-11-29(19)20(31)10-12-30-21(32)14-34-15-22(30)33/h6-9,13,19H,3-5,10-12,14-15H2,1-2H3/t19-/m1/s1. The summed E-state index contributed by atoms with van der Waals surface area (Å²) in [7, 11) is 3.69. The minimum absolute atomic E-state index is 0.0284. The monoisotopic (exact) mass is 469 g/mol. The molecular formula is C24H28FN5O4. The molecule has 2 aliphatic heterocycles. The zero-order valence-electron chi connectivity index (χ0n) is 19.4. The van der Waals surface area contributed by atoms with Crippen LogP contribution in [0.15, 0.2) is 30.5 Å². The maximum absolute atomic E-state index is 13.5. The molecule has 2 aliphatic rings. The zero-order valence-corrected chi connectivity index (χ0v) is 19.4. The number of carbonyl (C=O) groups excluding carboxylic acids is 3. The van der Waals surface area contributed by atoms with E-state index in [0.29, 0.717) is 18.2 Å². The molecule has 0 unspecified atom stereocenters. The van der Waals surface area contributed by atoms with Crippen molar-refractivity contribution in [2.75, 3.05) is 45.3 Å². The minimum Gasteiger partial charge on any atom is -0.362 e. The van der Waals surface area contributed by atoms with Crippen LogP contribution in [0.4, 0.5) is 10.3 Å². The van der Waals surface area contributed by atoms with E-state index in [4.69, 9.17) is 9.72 Å². The molecule has 0 N–H and O–H groups in total. The van der Waals surface area contributed by atoms with Gasteiger partial charge in [-0.25, -0.2) is 14.4 Å². The van der Waals surface area contributed by atoms with Gasteiger partial charge in [-0.1, -0.05) is 12.1 Å². The van der Waals surface area contributed by atoms with Gasteiger partial charge in [0, 0.05) is 45.4 Å². The molecule has 10 heteroatoms. The van der Waals surface area contributed by atoms with Crippen molar-refractivity contribution in [2.24, 2.45) is 0 Å². The Labute approximate surface area is 197 Å². The first-order valence-electron chi connectivity index (χ1n) is 11.4. The zero-order chi connectivity index (χ0) is 24.2. The van der Waals surface area contributed by atoms with E-state index >= 15 is 0 Å². The van der Waals surface area contributed by atoms with Crippen LogP contribution in [0.5, 0.6) is 0 Å². The Balaban J connectivity index is 1.62. The summed E-state index contributed by atoms with van der Waals surface area (Å²) in [6.07, 6.45) is 4.26. The predicted octanol–water partition coefficient (Wildman–Crippen LogP) is 2.18. The van der Waals surface area contributed by atoms with Gasteiger partial charge in [0.05, 0.1) is 11.7 Å². The number of likely N-dealkylation sites (tertiary alicyclic amines) is 1. The van der Waals surface area contributed by atoms with Crippen LogP contribution in [0.3, 0.4) is 0 Å². The van der Waals surface area contributed by atoms with E-state index in [1.54, 1.807) is 28.1 Å². The minimum atomic E-state index is -0.427. The number of nitrogens with zero attached hydrogens (tertiary/aromatic N) is 5. The number of morpholine rings is 1. The van der Waals surface area contributed by atoms with E-state index in [-0.39, 0.29) is 43.9 Å². The lowest BCUT2D eigenvalue weighted by Gasteiger charge is -2.37. The molecule has 180 valence electrons. The van der Waals surface area contributed by atoms with Crippen LogP contribution < -0.4 is 4.90 Å². The van der Waals surface area contributed by atoms with Gasteiger partial charge < -0.3 is 14.5 Å². The van der Waals surface area contributed by atoms with Crippen LogP contribution in [-0.4, -0.2) is 77.9 Å². The van der Waals surface area contributed by atoms with Crippen LogP contribution in [0.2, 0.25) is 0 Å². The van der Waals surface area contributed by atoms with Crippen molar-refractivity contribution in [2.45, 2.75) is 31.7 Å². The average molecular weight is 470 g/mol. The van der Waals surface area contributed by atoms with Crippen LogP contribution in [0, 0.1) is 5.82 Å². The second-order valence-corrected chi connectivity index (χ2v) is 8.65. The van der Waals surface area contributed by atoms with Crippen LogP contribution in [-0.2, 0) is 19.1 Å². The van der Waals surface area contributed by atoms with Gasteiger partial charge in [0.2, 0.25) is 11.9 Å². The lowest BCUT2D eigenvalue weighted by atomic mass is 9.93. The highest BCUT2D eigenvalue weighted by Gasteiger charge is 2.33. The summed E-state index contributed by atoms with van der Waals surface area (Å²) in [5, 5.41) is 0. The fraction of sp³-hybridized carbons (Fsp3) is 0.458. The van der Waals surface area contributed by atoms with Crippen molar-refractivity contribution in [3.05, 3.63) is 42.0 Å². The van der Waals surface area contributed by atoms with E-state index in [2.05, 4.69) is 4.98 Å². The summed E-state index contributed by atoms with van der Waals surface area (Å²) in [6, 6.07) is 5.84. The SMILES string of the molecule is CN(C)c1ncc(-c2ccc(F)cc2)c([C@H]2CCCCN2C(=O)CCN2C(=O)COCC2=O)n1. The third-order valence-corrected chi connectivity index (χ3v) is 6.10. The number of halogens is 1. The van der Waals surface area contributed by atoms with Crippen LogP contribution in [0.1, 0.15) is 37.4 Å². The molecule has 2 aromatic rings. The number of amides is 3. The molecule has 1 atom stereocenters. The Morgan fingerprint density at radius 2 is 1.85 bits per heavy atom. The number of ether oxygens (including phenoxy) is 1. The van der Waals surface area contributed by atoms with Gasteiger partial charge in [-0.05, 0) is 37.0 Å². The molecule has 2 saturated heterocycles. The molecule has 0 saturated carbocycles. The van der Waals surface area contributed by atoms with Gasteiger partial charge in [-0.15, -0.1) is 0 Å². The van der Waals surface area contributed by atoms with E-state index < -0.39 is 11.8 Å². The average Bonchev–Trinajstić information content (AvgIpc) is 2.84. The maximum Gasteiger partial charge on any atom is 0.255 e. The topological polar surface area (TPSA) is 95.9 Å². The second-order valence-electron chi connectivity index (χ2n) is 8.65. The molecule has 2 fully saturated rings. The molecule has 0 spiro atoms. The number of imide groups is 1. The Kier molecular flexibility index (Phi) is 7.16. The molecule has 1 aromatic heterocycles. The number of hydrogen-bond acceptors (Lipinski definition) is 7. The number of rotatable bonds is 6. The van der Waals surface area contributed by atoms with Crippen molar-refractivity contribution >= 4 is 23.7 Å². The molecule has 0 bridgehead atoms. The third-order valence-electron chi connectivity index (χ3n) is 6.10. The first-order chi connectivity index (χ1) is 16.3. The summed E-state index contributed by atoms with van der Waals surface area (Å²) in [5.74, 6) is -0.818. The third kappa shape index (κ3) is 5.06. The van der Waals surface area contributed by atoms with Gasteiger partial charge in [-0.3, -0.25) is 19.3 Å². The molecule has 0 aliphatic carbocycles. The molecule has 9 nitrogen and oxygen atoms in total. The van der Waals surface area contributed by atoms with Gasteiger partial charge in [0.1, 0.15) is 19.0 Å². The van der Waals surface area contributed by atoms with Gasteiger partial charge in [0.15, 0.2) is 0 Å². The Bertz CT molecular complexity index is 1060. The molecular weight excluding hydrogens is 441 g/mol. The van der Waals surface area contributed by atoms with Crippen molar-refractivity contribution < 1.29 is 23.5 Å². The molecule has 1 aromatic carbocycles. The summed E-state index contributed by atoms with van der Waals surface area (Å²) < 4.78 is 18.5. The summed E-state index contributed by atoms with van der Waals surface area (Å²) >= 11 is 0. The fourth-order valence-electron chi connectivity index (χ4n) is 4.34. The second kappa shape index (κ2) is 10.3. The number of carbonyl (C=O) groups is 3. The van der Waals surface area contributed by atoms with Gasteiger partial charge in [-0.2, -0.15) is 0 Å². The summed E-state index contributed by atoms with van der Waals surface area (Å²) in [6.45, 7) is 0.280. The normalized spacial score (nSPS) is 18.9. The van der Waals surface area contributed by atoms with E-state index in [1.165, 1.54) is 12.1 Å². The van der Waals surface area contributed by atoms with Gasteiger partial charge in [0.25, 0.3) is 11.8 Å². The van der Waals surface area contributed by atoms with Gasteiger partial charge >= 0.3 is 0 Å². The largest absolute Gasteiger partial charge is 0.362 e. The van der Waals surface area contributed by atoms with Crippen molar-refractivity contribution in [3.8, 4) is 11.1 Å². The highest BCUT2D eigenvalue weighted by atomic mass is 19.1. The highest BCUT2D eigenvalue weighted by molar-refractivity contribution is 5.98. The fourth-order valence-corrected chi connectivity index (χ4v) is 4.34. The Hall–Kier alpha value is -3.40. The predicted molar refractivity (Wildman–Crippen MR) is 122 cm³/mol. The molecule has 34 heavy (non-hydrogen) atoms. The highest BCUT2D eigenvalue weighted by Crippen LogP contribution is 2.36. The maximum atomic E-state index is 13.5. The van der Waals surface area contributed by atoms with Crippen molar-refractivity contribution in [1.82, 2.24) is 19.8 Å². The van der Waals surface area contributed by atoms with E-state index in [9.17, 15) is 18.8 Å². The molecule has 0 radical (unpaired) electrons. The van der Waals surface area contributed by atoms with Crippen molar-refractivity contribution in [1.29, 1.82) is 0 Å². The lowest BCUT2D eigenvalue weighted by Crippen LogP contribution is -2.48. The molecule has 4 rings (SSSR count). The number of piperidine rings is 1. The Morgan fingerprint density at radius 1 is 1.15 bits per heavy atom. The summed E-state index contributed by atoms with van der Waals surface area (Å²) in [4.78, 5) is 51.2. The summed E-state index contributed by atoms with van der Waals surface area (Å²) in [5.41, 5.74) is 2.22. The first kappa shape index (κ1) is 23.7. The number of anilines is 1. The van der Waals surface area contributed by atoms with Crippen LogP contribution in [0.25, 0.3) is 11.1 Å².